The molecule has 0 amide bonds. The van der Waals surface area contributed by atoms with Gasteiger partial charge in [-0.3, -0.25) is 0 Å². The van der Waals surface area contributed by atoms with Gasteiger partial charge in [0.15, 0.2) is 0 Å². The average molecular weight is 354 g/mol. The average Bonchev–Trinajstić information content (AvgIpc) is 2.88. The molecule has 0 spiro atoms. The lowest BCUT2D eigenvalue weighted by atomic mass is 9.97. The number of aliphatic hydroxyl groups is 1. The Kier molecular flexibility index (Phi) is 3.76. The molecule has 0 saturated heterocycles. The molecular weight excluding hydrogens is 340 g/mol. The zero-order chi connectivity index (χ0) is 14.3. The summed E-state index contributed by atoms with van der Waals surface area (Å²) >= 11 is 9.63. The molecule has 1 aliphatic heterocycles. The maximum Gasteiger partial charge on any atom is 0.128 e. The zero-order valence-electron chi connectivity index (χ0n) is 11.0. The first-order valence-electron chi connectivity index (χ1n) is 6.45. The number of rotatable bonds is 2. The molecule has 3 rings (SSSR count). The minimum Gasteiger partial charge on any atom is -0.493 e. The molecule has 4 heteroatoms. The van der Waals surface area contributed by atoms with Gasteiger partial charge in [-0.05, 0) is 41.8 Å². The predicted molar refractivity (Wildman–Crippen MR) is 83.6 cm³/mol. The molecule has 1 atom stereocenters. The van der Waals surface area contributed by atoms with E-state index in [0.29, 0.717) is 11.6 Å². The zero-order valence-corrected chi connectivity index (χ0v) is 13.3. The highest BCUT2D eigenvalue weighted by Crippen LogP contribution is 2.39. The van der Waals surface area contributed by atoms with Crippen LogP contribution < -0.4 is 4.74 Å². The maximum absolute atomic E-state index is 10.6. The number of ether oxygens (including phenoxy) is 1. The Balaban J connectivity index is 2.06. The molecule has 0 saturated carbocycles. The van der Waals surface area contributed by atoms with Crippen molar-refractivity contribution in [1.29, 1.82) is 0 Å². The van der Waals surface area contributed by atoms with Crippen LogP contribution in [-0.4, -0.2) is 11.7 Å². The summed E-state index contributed by atoms with van der Waals surface area (Å²) in [4.78, 5) is 0. The van der Waals surface area contributed by atoms with Crippen molar-refractivity contribution >= 4 is 27.5 Å². The van der Waals surface area contributed by atoms with Crippen molar-refractivity contribution in [2.75, 3.05) is 6.61 Å². The fourth-order valence-corrected chi connectivity index (χ4v) is 3.17. The van der Waals surface area contributed by atoms with E-state index in [0.717, 1.165) is 38.9 Å². The third-order valence-electron chi connectivity index (χ3n) is 3.58. The molecule has 1 N–H and O–H groups in total. The van der Waals surface area contributed by atoms with Crippen molar-refractivity contribution in [1.82, 2.24) is 0 Å². The van der Waals surface area contributed by atoms with E-state index in [1.54, 1.807) is 0 Å². The highest BCUT2D eigenvalue weighted by molar-refractivity contribution is 9.10. The van der Waals surface area contributed by atoms with Crippen LogP contribution in [-0.2, 0) is 6.42 Å². The van der Waals surface area contributed by atoms with Crippen LogP contribution in [0.25, 0.3) is 0 Å². The Labute approximate surface area is 131 Å². The van der Waals surface area contributed by atoms with E-state index >= 15 is 0 Å². The molecule has 0 bridgehead atoms. The van der Waals surface area contributed by atoms with Gasteiger partial charge in [0.2, 0.25) is 0 Å². The molecule has 0 radical (unpaired) electrons. The number of hydrogen-bond donors (Lipinski definition) is 1. The first kappa shape index (κ1) is 13.9. The summed E-state index contributed by atoms with van der Waals surface area (Å²) in [6.07, 6.45) is 0.140. The Hall–Kier alpha value is -1.03. The van der Waals surface area contributed by atoms with Gasteiger partial charge in [0.05, 0.1) is 6.61 Å². The van der Waals surface area contributed by atoms with E-state index in [-0.39, 0.29) is 0 Å². The van der Waals surface area contributed by atoms with Crippen molar-refractivity contribution in [2.45, 2.75) is 19.4 Å². The van der Waals surface area contributed by atoms with E-state index in [1.807, 2.05) is 37.3 Å². The second-order valence-corrected chi connectivity index (χ2v) is 6.32. The second-order valence-electron chi connectivity index (χ2n) is 4.99. The lowest BCUT2D eigenvalue weighted by Gasteiger charge is -2.16. The molecule has 0 aliphatic carbocycles. The second kappa shape index (κ2) is 5.40. The monoisotopic (exact) mass is 352 g/mol. The van der Waals surface area contributed by atoms with E-state index in [1.165, 1.54) is 0 Å². The van der Waals surface area contributed by atoms with Gasteiger partial charge in [0, 0.05) is 21.5 Å². The van der Waals surface area contributed by atoms with E-state index in [2.05, 4.69) is 15.9 Å². The summed E-state index contributed by atoms with van der Waals surface area (Å²) in [5.74, 6) is 0.803. The first-order chi connectivity index (χ1) is 9.56. The molecule has 2 aromatic rings. The van der Waals surface area contributed by atoms with Crippen LogP contribution in [0.5, 0.6) is 5.75 Å². The molecule has 0 aromatic heterocycles. The standard InChI is InChI=1S/C16H14BrClO2/c1-9-2-3-10(7-14(9)18)15(19)13-8-12(17)6-11-4-5-20-16(11)13/h2-3,6-8,15,19H,4-5H2,1H3. The molecule has 20 heavy (non-hydrogen) atoms. The number of benzene rings is 2. The maximum atomic E-state index is 10.6. The van der Waals surface area contributed by atoms with Crippen LogP contribution in [0.1, 0.15) is 28.4 Å². The Morgan fingerprint density at radius 3 is 2.85 bits per heavy atom. The third kappa shape index (κ3) is 2.46. The smallest absolute Gasteiger partial charge is 0.128 e. The molecule has 0 fully saturated rings. The number of fused-ring (bicyclic) bond motifs is 1. The van der Waals surface area contributed by atoms with Gasteiger partial charge in [0.25, 0.3) is 0 Å². The van der Waals surface area contributed by atoms with E-state index in [4.69, 9.17) is 16.3 Å². The lowest BCUT2D eigenvalue weighted by Crippen LogP contribution is -2.03. The predicted octanol–water partition coefficient (Wildman–Crippen LogP) is 4.43. The fraction of sp³-hybridized carbons (Fsp3) is 0.250. The first-order valence-corrected chi connectivity index (χ1v) is 7.62. The van der Waals surface area contributed by atoms with Crippen molar-refractivity contribution in [3.8, 4) is 5.75 Å². The highest BCUT2D eigenvalue weighted by atomic mass is 79.9. The molecule has 104 valence electrons. The third-order valence-corrected chi connectivity index (χ3v) is 4.45. The van der Waals surface area contributed by atoms with Crippen LogP contribution >= 0.6 is 27.5 Å². The highest BCUT2D eigenvalue weighted by Gasteiger charge is 2.23. The Morgan fingerprint density at radius 1 is 1.30 bits per heavy atom. The van der Waals surface area contributed by atoms with Crippen LogP contribution in [0.4, 0.5) is 0 Å². The summed E-state index contributed by atoms with van der Waals surface area (Å²) in [7, 11) is 0. The Morgan fingerprint density at radius 2 is 2.10 bits per heavy atom. The Bertz CT molecular complexity index is 670. The minimum atomic E-state index is -0.738. The SMILES string of the molecule is Cc1ccc(C(O)c2cc(Br)cc3c2OCC3)cc1Cl. The van der Waals surface area contributed by atoms with Crippen LogP contribution in [0.3, 0.4) is 0 Å². The number of hydrogen-bond acceptors (Lipinski definition) is 2. The summed E-state index contributed by atoms with van der Waals surface area (Å²) in [5, 5.41) is 11.3. The van der Waals surface area contributed by atoms with Crippen molar-refractivity contribution in [2.24, 2.45) is 0 Å². The topological polar surface area (TPSA) is 29.5 Å². The molecule has 1 unspecified atom stereocenters. The van der Waals surface area contributed by atoms with Crippen LogP contribution in [0.15, 0.2) is 34.8 Å². The molecule has 2 nitrogen and oxygen atoms in total. The van der Waals surface area contributed by atoms with Crippen LogP contribution in [0.2, 0.25) is 5.02 Å². The lowest BCUT2D eigenvalue weighted by molar-refractivity contribution is 0.213. The van der Waals surface area contributed by atoms with Gasteiger partial charge in [0.1, 0.15) is 11.9 Å². The van der Waals surface area contributed by atoms with Gasteiger partial charge < -0.3 is 9.84 Å². The largest absolute Gasteiger partial charge is 0.493 e. The van der Waals surface area contributed by atoms with Gasteiger partial charge in [-0.2, -0.15) is 0 Å². The van der Waals surface area contributed by atoms with Crippen molar-refractivity contribution in [3.63, 3.8) is 0 Å². The number of halogens is 2. The molecule has 2 aromatic carbocycles. The van der Waals surface area contributed by atoms with Gasteiger partial charge in [-0.15, -0.1) is 0 Å². The van der Waals surface area contributed by atoms with Crippen molar-refractivity contribution < 1.29 is 9.84 Å². The normalized spacial score (nSPS) is 14.8. The molecule has 1 heterocycles. The van der Waals surface area contributed by atoms with E-state index < -0.39 is 6.10 Å². The number of aryl methyl sites for hydroxylation is 1. The quantitative estimate of drug-likeness (QED) is 0.865. The van der Waals surface area contributed by atoms with Gasteiger partial charge in [-0.25, -0.2) is 0 Å². The molecular formula is C16H14BrClO2. The fourth-order valence-electron chi connectivity index (χ4n) is 2.46. The minimum absolute atomic E-state index is 0.661. The molecule has 1 aliphatic rings. The summed E-state index contributed by atoms with van der Waals surface area (Å²) in [6, 6.07) is 9.57. The summed E-state index contributed by atoms with van der Waals surface area (Å²) < 4.78 is 6.62. The van der Waals surface area contributed by atoms with Gasteiger partial charge >= 0.3 is 0 Å². The summed E-state index contributed by atoms with van der Waals surface area (Å²) in [5.41, 5.74) is 3.69. The van der Waals surface area contributed by atoms with E-state index in [9.17, 15) is 5.11 Å². The van der Waals surface area contributed by atoms with Gasteiger partial charge in [-0.1, -0.05) is 39.7 Å². The van der Waals surface area contributed by atoms with Crippen molar-refractivity contribution in [3.05, 3.63) is 62.1 Å². The van der Waals surface area contributed by atoms with Crippen LogP contribution in [0, 0.1) is 6.92 Å². The summed E-state index contributed by atoms with van der Waals surface area (Å²) in [6.45, 7) is 2.61. The number of aliphatic hydroxyl groups excluding tert-OH is 1.